The third-order valence-corrected chi connectivity index (χ3v) is 4.39. The van der Waals surface area contributed by atoms with Gasteiger partial charge in [0.2, 0.25) is 0 Å². The van der Waals surface area contributed by atoms with Crippen LogP contribution in [0.1, 0.15) is 13.3 Å². The number of pyridine rings is 1. The number of hydrogen-bond acceptors (Lipinski definition) is 5. The Labute approximate surface area is 107 Å². The number of anilines is 1. The first-order valence-electron chi connectivity index (χ1n) is 5.57. The number of hydrogen-bond donors (Lipinski definition) is 1. The lowest BCUT2D eigenvalue weighted by molar-refractivity contribution is 0.433. The molecular weight excluding hydrogens is 252 g/mol. The van der Waals surface area contributed by atoms with E-state index in [1.807, 2.05) is 6.07 Å². The van der Waals surface area contributed by atoms with Gasteiger partial charge in [0.25, 0.3) is 10.0 Å². The summed E-state index contributed by atoms with van der Waals surface area (Å²) in [5.41, 5.74) is 0.452. The van der Waals surface area contributed by atoms with E-state index in [0.717, 1.165) is 0 Å². The second kappa shape index (κ2) is 6.33. The van der Waals surface area contributed by atoms with E-state index in [9.17, 15) is 8.42 Å². The molecule has 0 aromatic carbocycles. The average molecular weight is 268 g/mol. The highest BCUT2D eigenvalue weighted by Crippen LogP contribution is 2.21. The summed E-state index contributed by atoms with van der Waals surface area (Å²) in [5.74, 6) is 0. The summed E-state index contributed by atoms with van der Waals surface area (Å²) in [5, 5.41) is 11.3. The fourth-order valence-electron chi connectivity index (χ4n) is 1.53. The molecular formula is C11H16N4O2S. The van der Waals surface area contributed by atoms with Gasteiger partial charge < -0.3 is 5.32 Å². The molecule has 0 unspecified atom stereocenters. The van der Waals surface area contributed by atoms with Crippen molar-refractivity contribution in [2.24, 2.45) is 0 Å². The fourth-order valence-corrected chi connectivity index (χ4v) is 3.09. The smallest absolute Gasteiger partial charge is 0.262 e. The van der Waals surface area contributed by atoms with Gasteiger partial charge in [0.1, 0.15) is 0 Å². The van der Waals surface area contributed by atoms with E-state index in [-0.39, 0.29) is 18.0 Å². The lowest BCUT2D eigenvalue weighted by atomic mass is 10.4. The molecule has 0 aliphatic carbocycles. The molecule has 0 radical (unpaired) electrons. The van der Waals surface area contributed by atoms with Crippen molar-refractivity contribution in [3.8, 4) is 6.07 Å². The molecule has 1 N–H and O–H groups in total. The predicted molar refractivity (Wildman–Crippen MR) is 68.4 cm³/mol. The monoisotopic (exact) mass is 268 g/mol. The standard InChI is InChI=1S/C11H16N4O2S/c1-3-15(9-5-7-12)18(16,17)11-10(13-2)6-4-8-14-11/h4,6,8,13H,3,5,9H2,1-2H3. The first-order valence-corrected chi connectivity index (χ1v) is 7.01. The van der Waals surface area contributed by atoms with Crippen LogP contribution in [0.5, 0.6) is 0 Å². The molecule has 0 atom stereocenters. The molecule has 0 fully saturated rings. The van der Waals surface area contributed by atoms with Gasteiger partial charge in [-0.15, -0.1) is 0 Å². The molecule has 0 saturated carbocycles. The van der Waals surface area contributed by atoms with Crippen molar-refractivity contribution in [1.29, 1.82) is 5.26 Å². The van der Waals surface area contributed by atoms with E-state index >= 15 is 0 Å². The Morgan fingerprint density at radius 3 is 2.83 bits per heavy atom. The van der Waals surface area contributed by atoms with E-state index in [1.165, 1.54) is 10.5 Å². The Hall–Kier alpha value is -1.65. The van der Waals surface area contributed by atoms with Crippen LogP contribution in [0.15, 0.2) is 23.4 Å². The molecule has 98 valence electrons. The molecule has 0 spiro atoms. The van der Waals surface area contributed by atoms with Crippen molar-refractivity contribution < 1.29 is 8.42 Å². The second-order valence-corrected chi connectivity index (χ2v) is 5.36. The highest BCUT2D eigenvalue weighted by Gasteiger charge is 2.26. The van der Waals surface area contributed by atoms with Crippen molar-refractivity contribution in [2.45, 2.75) is 18.4 Å². The maximum Gasteiger partial charge on any atom is 0.262 e. The lowest BCUT2D eigenvalue weighted by Crippen LogP contribution is -2.32. The van der Waals surface area contributed by atoms with E-state index < -0.39 is 10.0 Å². The molecule has 1 rings (SSSR count). The largest absolute Gasteiger partial charge is 0.386 e. The first-order chi connectivity index (χ1) is 8.57. The summed E-state index contributed by atoms with van der Waals surface area (Å²) in [7, 11) is -2.02. The van der Waals surface area contributed by atoms with Crippen LogP contribution in [-0.2, 0) is 10.0 Å². The zero-order valence-corrected chi connectivity index (χ0v) is 11.2. The van der Waals surface area contributed by atoms with Gasteiger partial charge in [-0.1, -0.05) is 6.92 Å². The molecule has 0 aliphatic rings. The number of rotatable bonds is 6. The summed E-state index contributed by atoms with van der Waals surface area (Å²) in [4.78, 5) is 3.92. The topological polar surface area (TPSA) is 86.1 Å². The maximum atomic E-state index is 12.4. The van der Waals surface area contributed by atoms with E-state index in [0.29, 0.717) is 12.2 Å². The normalized spacial score (nSPS) is 11.2. The van der Waals surface area contributed by atoms with E-state index in [1.54, 1.807) is 26.1 Å². The Bertz CT molecular complexity index is 536. The average Bonchev–Trinajstić information content (AvgIpc) is 2.39. The van der Waals surface area contributed by atoms with Gasteiger partial charge >= 0.3 is 0 Å². The molecule has 0 amide bonds. The number of nitrogens with zero attached hydrogens (tertiary/aromatic N) is 3. The lowest BCUT2D eigenvalue weighted by Gasteiger charge is -2.19. The molecule has 1 heterocycles. The minimum Gasteiger partial charge on any atom is -0.386 e. The van der Waals surface area contributed by atoms with Crippen LogP contribution >= 0.6 is 0 Å². The van der Waals surface area contributed by atoms with Crippen LogP contribution < -0.4 is 5.32 Å². The highest BCUT2D eigenvalue weighted by molar-refractivity contribution is 7.89. The Kier molecular flexibility index (Phi) is 5.07. The summed E-state index contributed by atoms with van der Waals surface area (Å²) >= 11 is 0. The van der Waals surface area contributed by atoms with Gasteiger partial charge in [-0.2, -0.15) is 9.57 Å². The Balaban J connectivity index is 3.15. The van der Waals surface area contributed by atoms with Crippen molar-refractivity contribution >= 4 is 15.7 Å². The number of sulfonamides is 1. The zero-order chi connectivity index (χ0) is 13.6. The third kappa shape index (κ3) is 2.97. The molecule has 1 aromatic heterocycles. The van der Waals surface area contributed by atoms with Gasteiger partial charge in [0.15, 0.2) is 5.03 Å². The Morgan fingerprint density at radius 1 is 1.56 bits per heavy atom. The SMILES string of the molecule is CCN(CCC#N)S(=O)(=O)c1ncccc1NC. The summed E-state index contributed by atoms with van der Waals surface area (Å²) < 4.78 is 26.0. The minimum absolute atomic E-state index is 0.00714. The van der Waals surface area contributed by atoms with Crippen molar-refractivity contribution in [3.63, 3.8) is 0 Å². The van der Waals surface area contributed by atoms with Crippen LogP contribution in [0, 0.1) is 11.3 Å². The van der Waals surface area contributed by atoms with Crippen molar-refractivity contribution in [2.75, 3.05) is 25.5 Å². The minimum atomic E-state index is -3.66. The molecule has 1 aromatic rings. The molecule has 6 nitrogen and oxygen atoms in total. The van der Waals surface area contributed by atoms with Crippen LogP contribution in [0.25, 0.3) is 0 Å². The summed E-state index contributed by atoms with van der Waals surface area (Å²) in [6.45, 7) is 2.22. The molecule has 0 bridgehead atoms. The summed E-state index contributed by atoms with van der Waals surface area (Å²) in [6.07, 6.45) is 1.60. The Morgan fingerprint density at radius 2 is 2.28 bits per heavy atom. The highest BCUT2D eigenvalue weighted by atomic mass is 32.2. The predicted octanol–water partition coefficient (Wildman–Crippen LogP) is 1.05. The van der Waals surface area contributed by atoms with Crippen LogP contribution in [0.4, 0.5) is 5.69 Å². The van der Waals surface area contributed by atoms with Gasteiger partial charge in [-0.05, 0) is 12.1 Å². The first kappa shape index (κ1) is 14.4. The van der Waals surface area contributed by atoms with Gasteiger partial charge in [0.05, 0.1) is 11.8 Å². The van der Waals surface area contributed by atoms with E-state index in [4.69, 9.17) is 5.26 Å². The summed E-state index contributed by atoms with van der Waals surface area (Å²) in [6, 6.07) is 5.26. The van der Waals surface area contributed by atoms with Crippen molar-refractivity contribution in [3.05, 3.63) is 18.3 Å². The molecule has 7 heteroatoms. The fraction of sp³-hybridized carbons (Fsp3) is 0.455. The number of nitriles is 1. The van der Waals surface area contributed by atoms with Crippen LogP contribution in [0.3, 0.4) is 0 Å². The zero-order valence-electron chi connectivity index (χ0n) is 10.4. The number of nitrogens with one attached hydrogen (secondary N) is 1. The van der Waals surface area contributed by atoms with E-state index in [2.05, 4.69) is 10.3 Å². The van der Waals surface area contributed by atoms with Gasteiger partial charge in [0, 0.05) is 32.8 Å². The molecule has 18 heavy (non-hydrogen) atoms. The van der Waals surface area contributed by atoms with Gasteiger partial charge in [-0.3, -0.25) is 0 Å². The molecule has 0 aliphatic heterocycles. The quantitative estimate of drug-likeness (QED) is 0.833. The second-order valence-electron chi connectivity index (χ2n) is 3.51. The van der Waals surface area contributed by atoms with Gasteiger partial charge in [-0.25, -0.2) is 13.4 Å². The van der Waals surface area contributed by atoms with Crippen LogP contribution in [0.2, 0.25) is 0 Å². The maximum absolute atomic E-state index is 12.4. The van der Waals surface area contributed by atoms with Crippen LogP contribution in [-0.4, -0.2) is 37.8 Å². The number of aromatic nitrogens is 1. The third-order valence-electron chi connectivity index (χ3n) is 2.45. The van der Waals surface area contributed by atoms with Crippen molar-refractivity contribution in [1.82, 2.24) is 9.29 Å². The molecule has 0 saturated heterocycles.